The fourth-order valence-corrected chi connectivity index (χ4v) is 4.10. The van der Waals surface area contributed by atoms with Crippen LogP contribution in [0.4, 0.5) is 5.69 Å². The molecule has 0 aromatic heterocycles. The van der Waals surface area contributed by atoms with E-state index in [0.717, 1.165) is 31.7 Å². The summed E-state index contributed by atoms with van der Waals surface area (Å²) in [6.07, 6.45) is 2.22. The molecule has 3 nitrogen and oxygen atoms in total. The molecule has 0 saturated carbocycles. The van der Waals surface area contributed by atoms with Gasteiger partial charge in [-0.2, -0.15) is 0 Å². The molecule has 1 atom stereocenters. The number of nitrogens with one attached hydrogen (secondary N) is 1. The van der Waals surface area contributed by atoms with Crippen LogP contribution in [0.2, 0.25) is 0 Å². The summed E-state index contributed by atoms with van der Waals surface area (Å²) in [6.45, 7) is 7.72. The van der Waals surface area contributed by atoms with Crippen molar-refractivity contribution in [1.29, 1.82) is 0 Å². The van der Waals surface area contributed by atoms with Gasteiger partial charge in [0, 0.05) is 18.9 Å². The number of rotatable bonds is 9. The Kier molecular flexibility index (Phi) is 7.72. The Morgan fingerprint density at radius 3 is 2.17 bits per heavy atom. The summed E-state index contributed by atoms with van der Waals surface area (Å²) in [4.78, 5) is 0. The van der Waals surface area contributed by atoms with Crippen molar-refractivity contribution < 1.29 is 8.85 Å². The summed E-state index contributed by atoms with van der Waals surface area (Å²) in [5.74, 6) is 0. The van der Waals surface area contributed by atoms with E-state index in [1.807, 2.05) is 32.0 Å². The summed E-state index contributed by atoms with van der Waals surface area (Å²) in [5.41, 5.74) is 1.48. The first kappa shape index (κ1) is 15.2. The van der Waals surface area contributed by atoms with Crippen molar-refractivity contribution in [2.75, 3.05) is 18.5 Å². The lowest BCUT2D eigenvalue weighted by molar-refractivity contribution is 0.205. The predicted molar refractivity (Wildman–Crippen MR) is 79.2 cm³/mol. The Morgan fingerprint density at radius 2 is 1.67 bits per heavy atom. The van der Waals surface area contributed by atoms with Gasteiger partial charge in [0.25, 0.3) is 0 Å². The maximum absolute atomic E-state index is 5.82. The first-order valence-electron chi connectivity index (χ1n) is 6.86. The predicted octanol–water partition coefficient (Wildman–Crippen LogP) is 3.10. The van der Waals surface area contributed by atoms with Crippen LogP contribution in [0.25, 0.3) is 0 Å². The van der Waals surface area contributed by atoms with E-state index < -0.39 is 9.28 Å². The fourth-order valence-electron chi connectivity index (χ4n) is 1.94. The third-order valence-corrected chi connectivity index (χ3v) is 5.20. The van der Waals surface area contributed by atoms with Crippen LogP contribution in [-0.4, -0.2) is 28.2 Å². The molecule has 1 N–H and O–H groups in total. The highest BCUT2D eigenvalue weighted by molar-refractivity contribution is 6.47. The Balaban J connectivity index is 2.66. The molecular formula is C14H25NO2Si. The zero-order chi connectivity index (χ0) is 13.2. The van der Waals surface area contributed by atoms with E-state index in [-0.39, 0.29) is 0 Å². The van der Waals surface area contributed by atoms with E-state index in [2.05, 4.69) is 24.4 Å². The van der Waals surface area contributed by atoms with Crippen molar-refractivity contribution in [3.05, 3.63) is 30.3 Å². The molecular weight excluding hydrogens is 242 g/mol. The van der Waals surface area contributed by atoms with Gasteiger partial charge in [0.2, 0.25) is 0 Å². The maximum Gasteiger partial charge on any atom is 0.344 e. The van der Waals surface area contributed by atoms with Crippen molar-refractivity contribution >= 4 is 15.0 Å². The van der Waals surface area contributed by atoms with Crippen LogP contribution in [0.5, 0.6) is 0 Å². The minimum Gasteiger partial charge on any atom is -0.396 e. The zero-order valence-electron chi connectivity index (χ0n) is 11.7. The van der Waals surface area contributed by atoms with Gasteiger partial charge in [0.15, 0.2) is 0 Å². The molecule has 0 bridgehead atoms. The van der Waals surface area contributed by atoms with E-state index in [0.29, 0.717) is 5.67 Å². The summed E-state index contributed by atoms with van der Waals surface area (Å²) >= 11 is 0. The Morgan fingerprint density at radius 1 is 1.06 bits per heavy atom. The Labute approximate surface area is 112 Å². The maximum atomic E-state index is 5.82. The lowest BCUT2D eigenvalue weighted by atomic mass is 10.3. The molecule has 0 fully saturated rings. The molecule has 1 aromatic carbocycles. The number of hydrogen-bond donors (Lipinski definition) is 1. The summed E-state index contributed by atoms with van der Waals surface area (Å²) < 4.78 is 11.6. The highest BCUT2D eigenvalue weighted by Gasteiger charge is 2.24. The average Bonchev–Trinajstić information content (AvgIpc) is 2.39. The van der Waals surface area contributed by atoms with Gasteiger partial charge in [0.1, 0.15) is 0 Å². The fraction of sp³-hybridized carbons (Fsp3) is 0.571. The quantitative estimate of drug-likeness (QED) is 0.697. The lowest BCUT2D eigenvalue weighted by Crippen LogP contribution is -2.42. The second kappa shape index (κ2) is 9.14. The normalized spacial score (nSPS) is 12.7. The SMILES string of the molecule is CCCC(Nc1ccccc1)[SiH](OCC)OCC. The number of para-hydroxylation sites is 1. The third kappa shape index (κ3) is 5.21. The highest BCUT2D eigenvalue weighted by Crippen LogP contribution is 2.13. The largest absolute Gasteiger partial charge is 0.396 e. The van der Waals surface area contributed by atoms with Gasteiger partial charge in [-0.1, -0.05) is 31.5 Å². The highest BCUT2D eigenvalue weighted by atomic mass is 28.3. The molecule has 18 heavy (non-hydrogen) atoms. The first-order valence-corrected chi connectivity index (χ1v) is 8.47. The topological polar surface area (TPSA) is 30.5 Å². The molecule has 0 aliphatic carbocycles. The van der Waals surface area contributed by atoms with Gasteiger partial charge in [0.05, 0.1) is 5.67 Å². The van der Waals surface area contributed by atoms with Gasteiger partial charge in [-0.25, -0.2) is 0 Å². The van der Waals surface area contributed by atoms with Gasteiger partial charge in [-0.15, -0.1) is 0 Å². The summed E-state index contributed by atoms with van der Waals surface area (Å²) in [7, 11) is -1.65. The molecule has 4 heteroatoms. The van der Waals surface area contributed by atoms with Crippen molar-refractivity contribution in [3.8, 4) is 0 Å². The van der Waals surface area contributed by atoms with E-state index in [9.17, 15) is 0 Å². The minimum atomic E-state index is -1.65. The molecule has 1 unspecified atom stereocenters. The van der Waals surface area contributed by atoms with Gasteiger partial charge in [-0.05, 0) is 32.4 Å². The van der Waals surface area contributed by atoms with Gasteiger partial charge in [-0.3, -0.25) is 0 Å². The standard InChI is InChI=1S/C14H25NO2Si/c1-4-10-14(18(16-5-2)17-6-3)15-13-11-8-7-9-12-13/h7-9,11-12,14-15,18H,4-6,10H2,1-3H3. The second-order valence-corrected chi connectivity index (χ2v) is 6.39. The third-order valence-electron chi connectivity index (χ3n) is 2.72. The number of hydrogen-bond acceptors (Lipinski definition) is 3. The van der Waals surface area contributed by atoms with Gasteiger partial charge >= 0.3 is 9.28 Å². The van der Waals surface area contributed by atoms with E-state index in [4.69, 9.17) is 8.85 Å². The molecule has 0 radical (unpaired) electrons. The van der Waals surface area contributed by atoms with Gasteiger partial charge < -0.3 is 14.2 Å². The molecule has 0 aliphatic heterocycles. The molecule has 102 valence electrons. The van der Waals surface area contributed by atoms with E-state index >= 15 is 0 Å². The van der Waals surface area contributed by atoms with Crippen LogP contribution < -0.4 is 5.32 Å². The van der Waals surface area contributed by atoms with E-state index in [1.165, 1.54) is 0 Å². The van der Waals surface area contributed by atoms with Crippen molar-refractivity contribution in [2.24, 2.45) is 0 Å². The lowest BCUT2D eigenvalue weighted by Gasteiger charge is -2.26. The van der Waals surface area contributed by atoms with E-state index in [1.54, 1.807) is 0 Å². The molecule has 0 aliphatic rings. The summed E-state index contributed by atoms with van der Waals surface area (Å²) in [6, 6.07) is 10.3. The Bertz CT molecular complexity index is 302. The molecule has 1 aromatic rings. The van der Waals surface area contributed by atoms with Crippen LogP contribution in [0.15, 0.2) is 30.3 Å². The molecule has 0 heterocycles. The second-order valence-electron chi connectivity index (χ2n) is 4.18. The van der Waals surface area contributed by atoms with Crippen LogP contribution in [0, 0.1) is 0 Å². The zero-order valence-corrected chi connectivity index (χ0v) is 12.8. The van der Waals surface area contributed by atoms with Crippen molar-refractivity contribution in [3.63, 3.8) is 0 Å². The van der Waals surface area contributed by atoms with Crippen LogP contribution in [0.3, 0.4) is 0 Å². The number of anilines is 1. The summed E-state index contributed by atoms with van der Waals surface area (Å²) in [5, 5.41) is 3.56. The average molecular weight is 267 g/mol. The van der Waals surface area contributed by atoms with Crippen molar-refractivity contribution in [2.45, 2.75) is 39.3 Å². The number of benzene rings is 1. The smallest absolute Gasteiger partial charge is 0.344 e. The minimum absolute atomic E-state index is 0.331. The Hall–Kier alpha value is -0.843. The first-order chi connectivity index (χ1) is 8.81. The van der Waals surface area contributed by atoms with Crippen LogP contribution in [-0.2, 0) is 8.85 Å². The molecule has 0 spiro atoms. The van der Waals surface area contributed by atoms with Crippen LogP contribution >= 0.6 is 0 Å². The molecule has 0 amide bonds. The monoisotopic (exact) mass is 267 g/mol. The molecule has 1 rings (SSSR count). The van der Waals surface area contributed by atoms with Crippen molar-refractivity contribution in [1.82, 2.24) is 0 Å². The van der Waals surface area contributed by atoms with Crippen LogP contribution in [0.1, 0.15) is 33.6 Å². The molecule has 0 saturated heterocycles.